The summed E-state index contributed by atoms with van der Waals surface area (Å²) >= 11 is 0. The number of nitrogens with one attached hydrogen (secondary N) is 2. The van der Waals surface area contributed by atoms with Gasteiger partial charge in [-0.3, -0.25) is 4.79 Å². The van der Waals surface area contributed by atoms with Crippen molar-refractivity contribution in [3.8, 4) is 0 Å². The van der Waals surface area contributed by atoms with Gasteiger partial charge in [0, 0.05) is 12.7 Å². The monoisotopic (exact) mass is 273 g/mol. The van der Waals surface area contributed by atoms with Crippen LogP contribution in [-0.4, -0.2) is 17.9 Å². The van der Waals surface area contributed by atoms with E-state index in [1.165, 1.54) is 0 Å². The number of amides is 1. The van der Waals surface area contributed by atoms with Gasteiger partial charge in [0.2, 0.25) is 0 Å². The lowest BCUT2D eigenvalue weighted by atomic mass is 10.1. The Bertz CT molecular complexity index is 628. The topological polar surface area (TPSA) is 54.0 Å². The molecular formula is C15H16FN3O. The highest BCUT2D eigenvalue weighted by molar-refractivity contribution is 6.07. The molecular weight excluding hydrogens is 257 g/mol. The predicted octanol–water partition coefficient (Wildman–Crippen LogP) is 3.08. The first-order valence-electron chi connectivity index (χ1n) is 6.37. The van der Waals surface area contributed by atoms with E-state index in [0.717, 1.165) is 24.2 Å². The molecule has 5 heteroatoms. The van der Waals surface area contributed by atoms with Gasteiger partial charge in [0.1, 0.15) is 11.6 Å². The Labute approximate surface area is 117 Å². The van der Waals surface area contributed by atoms with Crippen molar-refractivity contribution in [3.63, 3.8) is 0 Å². The number of benzene rings is 1. The summed E-state index contributed by atoms with van der Waals surface area (Å²) in [7, 11) is 1.63. The summed E-state index contributed by atoms with van der Waals surface area (Å²) in [6, 6.07) is 8.71. The molecule has 0 bridgehead atoms. The molecule has 1 amide bonds. The van der Waals surface area contributed by atoms with E-state index in [-0.39, 0.29) is 5.56 Å². The van der Waals surface area contributed by atoms with E-state index in [4.69, 9.17) is 0 Å². The van der Waals surface area contributed by atoms with Gasteiger partial charge in [-0.05, 0) is 30.2 Å². The van der Waals surface area contributed by atoms with E-state index in [9.17, 15) is 9.18 Å². The van der Waals surface area contributed by atoms with Crippen molar-refractivity contribution in [1.82, 2.24) is 4.98 Å². The van der Waals surface area contributed by atoms with E-state index in [1.807, 2.05) is 25.1 Å². The van der Waals surface area contributed by atoms with Gasteiger partial charge in [0.15, 0.2) is 0 Å². The molecule has 20 heavy (non-hydrogen) atoms. The number of aryl methyl sites for hydroxylation is 1. The first-order valence-corrected chi connectivity index (χ1v) is 6.37. The quantitative estimate of drug-likeness (QED) is 0.900. The predicted molar refractivity (Wildman–Crippen MR) is 77.5 cm³/mol. The Balaban J connectivity index is 2.25. The molecule has 1 aromatic heterocycles. The van der Waals surface area contributed by atoms with Gasteiger partial charge >= 0.3 is 0 Å². The lowest BCUT2D eigenvalue weighted by Gasteiger charge is -2.10. The molecule has 4 nitrogen and oxygen atoms in total. The molecule has 0 aliphatic rings. The number of hydrogen-bond acceptors (Lipinski definition) is 3. The Hall–Kier alpha value is -2.43. The molecule has 1 heterocycles. The van der Waals surface area contributed by atoms with Gasteiger partial charge in [-0.15, -0.1) is 0 Å². The summed E-state index contributed by atoms with van der Waals surface area (Å²) in [5.74, 6) is -0.596. The summed E-state index contributed by atoms with van der Waals surface area (Å²) in [6.07, 6.45) is 1.95. The smallest absolute Gasteiger partial charge is 0.259 e. The summed E-state index contributed by atoms with van der Waals surface area (Å²) in [5, 5.41) is 5.52. The zero-order valence-corrected chi connectivity index (χ0v) is 11.4. The number of aromatic nitrogens is 1. The van der Waals surface area contributed by atoms with Crippen LogP contribution in [0.25, 0.3) is 0 Å². The van der Waals surface area contributed by atoms with Crippen molar-refractivity contribution in [2.75, 3.05) is 17.7 Å². The Kier molecular flexibility index (Phi) is 4.30. The fourth-order valence-electron chi connectivity index (χ4n) is 1.88. The minimum Gasteiger partial charge on any atom is -0.372 e. The van der Waals surface area contributed by atoms with Gasteiger partial charge in [-0.2, -0.15) is 0 Å². The Morgan fingerprint density at radius 2 is 2.15 bits per heavy atom. The van der Waals surface area contributed by atoms with Crippen LogP contribution in [0.3, 0.4) is 0 Å². The van der Waals surface area contributed by atoms with Crippen molar-refractivity contribution in [3.05, 3.63) is 53.5 Å². The minimum absolute atomic E-state index is 0.175. The number of carbonyl (C=O) groups is 1. The molecule has 104 valence electrons. The van der Waals surface area contributed by atoms with Crippen LogP contribution in [-0.2, 0) is 6.42 Å². The molecule has 1 aromatic carbocycles. The van der Waals surface area contributed by atoms with Gasteiger partial charge < -0.3 is 10.6 Å². The minimum atomic E-state index is -0.545. The van der Waals surface area contributed by atoms with Crippen LogP contribution >= 0.6 is 0 Å². The molecule has 0 saturated heterocycles. The maximum absolute atomic E-state index is 13.2. The molecule has 0 spiro atoms. The molecule has 0 unspecified atom stereocenters. The highest BCUT2D eigenvalue weighted by Gasteiger charge is 2.13. The summed E-state index contributed by atoms with van der Waals surface area (Å²) in [4.78, 5) is 16.0. The normalized spacial score (nSPS) is 10.2. The molecule has 0 aliphatic heterocycles. The third-order valence-electron chi connectivity index (χ3n) is 2.93. The molecule has 2 rings (SSSR count). The van der Waals surface area contributed by atoms with Crippen molar-refractivity contribution in [2.24, 2.45) is 0 Å². The number of pyridine rings is 1. The maximum Gasteiger partial charge on any atom is 0.259 e. The second kappa shape index (κ2) is 6.14. The van der Waals surface area contributed by atoms with Crippen LogP contribution in [0, 0.1) is 5.82 Å². The van der Waals surface area contributed by atoms with Crippen LogP contribution < -0.4 is 10.6 Å². The van der Waals surface area contributed by atoms with Crippen molar-refractivity contribution < 1.29 is 9.18 Å². The zero-order valence-electron chi connectivity index (χ0n) is 11.4. The van der Waals surface area contributed by atoms with Gasteiger partial charge in [-0.1, -0.05) is 19.1 Å². The van der Waals surface area contributed by atoms with E-state index in [2.05, 4.69) is 15.6 Å². The number of hydrogen-bond donors (Lipinski definition) is 2. The lowest BCUT2D eigenvalue weighted by Crippen LogP contribution is -2.15. The number of halogens is 1. The lowest BCUT2D eigenvalue weighted by molar-refractivity contribution is 0.102. The average molecular weight is 273 g/mol. The Morgan fingerprint density at radius 1 is 1.35 bits per heavy atom. The third-order valence-corrected chi connectivity index (χ3v) is 2.93. The molecule has 0 saturated carbocycles. The van der Waals surface area contributed by atoms with Crippen LogP contribution in [0.4, 0.5) is 15.9 Å². The maximum atomic E-state index is 13.2. The molecule has 0 radical (unpaired) electrons. The summed E-state index contributed by atoms with van der Waals surface area (Å²) in [5.41, 5.74) is 1.98. The molecule has 2 aromatic rings. The van der Waals surface area contributed by atoms with Gasteiger partial charge in [0.05, 0.1) is 11.8 Å². The molecule has 0 fully saturated rings. The average Bonchev–Trinajstić information content (AvgIpc) is 2.47. The fraction of sp³-hybridized carbons (Fsp3) is 0.200. The van der Waals surface area contributed by atoms with Gasteiger partial charge in [-0.25, -0.2) is 9.37 Å². The standard InChI is InChI=1S/C15H16FN3O/c1-3-10-5-4-6-12(7-10)19-15(20)13-8-11(16)9-18-14(13)17-2/h4-9H,3H2,1-2H3,(H,17,18)(H,19,20). The van der Waals surface area contributed by atoms with E-state index in [1.54, 1.807) is 13.1 Å². The Morgan fingerprint density at radius 3 is 2.85 bits per heavy atom. The molecule has 0 aliphatic carbocycles. The van der Waals surface area contributed by atoms with E-state index < -0.39 is 11.7 Å². The van der Waals surface area contributed by atoms with Crippen molar-refractivity contribution >= 4 is 17.4 Å². The molecule has 2 N–H and O–H groups in total. The summed E-state index contributed by atoms with van der Waals surface area (Å²) < 4.78 is 13.2. The van der Waals surface area contributed by atoms with Crippen LogP contribution in [0.5, 0.6) is 0 Å². The van der Waals surface area contributed by atoms with Crippen LogP contribution in [0.1, 0.15) is 22.8 Å². The number of carbonyl (C=O) groups excluding carboxylic acids is 1. The molecule has 0 atom stereocenters. The van der Waals surface area contributed by atoms with E-state index >= 15 is 0 Å². The number of anilines is 2. The second-order valence-electron chi connectivity index (χ2n) is 4.31. The number of rotatable bonds is 4. The van der Waals surface area contributed by atoms with Crippen molar-refractivity contribution in [1.29, 1.82) is 0 Å². The highest BCUT2D eigenvalue weighted by atomic mass is 19.1. The van der Waals surface area contributed by atoms with Gasteiger partial charge in [0.25, 0.3) is 5.91 Å². The van der Waals surface area contributed by atoms with E-state index in [0.29, 0.717) is 11.5 Å². The SMILES string of the molecule is CCc1cccc(NC(=O)c2cc(F)cnc2NC)c1. The van der Waals surface area contributed by atoms with Crippen LogP contribution in [0.2, 0.25) is 0 Å². The first-order chi connectivity index (χ1) is 9.63. The largest absolute Gasteiger partial charge is 0.372 e. The second-order valence-corrected chi connectivity index (χ2v) is 4.31. The summed E-state index contributed by atoms with van der Waals surface area (Å²) in [6.45, 7) is 2.04. The first kappa shape index (κ1) is 14.0. The zero-order chi connectivity index (χ0) is 14.5. The fourth-order valence-corrected chi connectivity index (χ4v) is 1.88. The third kappa shape index (κ3) is 3.12. The highest BCUT2D eigenvalue weighted by Crippen LogP contribution is 2.17. The number of nitrogens with zero attached hydrogens (tertiary/aromatic N) is 1. The van der Waals surface area contributed by atoms with Crippen LogP contribution in [0.15, 0.2) is 36.5 Å². The van der Waals surface area contributed by atoms with Crippen molar-refractivity contribution in [2.45, 2.75) is 13.3 Å².